The van der Waals surface area contributed by atoms with E-state index in [1.54, 1.807) is 0 Å². The standard InChI is InChI=1S/C13H24/c1-7-13(9-8-10(2)3)12(6)11(4)5/h7,11-13H,1-2,8-9H2,3-6H3/t12-,13-/m1/s1. The van der Waals surface area contributed by atoms with Crippen LogP contribution >= 0.6 is 0 Å². The topological polar surface area (TPSA) is 0 Å². The molecule has 13 heavy (non-hydrogen) atoms. The van der Waals surface area contributed by atoms with Crippen LogP contribution in [0, 0.1) is 17.8 Å². The Hall–Kier alpha value is -0.520. The minimum absolute atomic E-state index is 0.650. The second-order valence-electron chi connectivity index (χ2n) is 4.50. The van der Waals surface area contributed by atoms with Crippen LogP contribution < -0.4 is 0 Å². The summed E-state index contributed by atoms with van der Waals surface area (Å²) in [6.07, 6.45) is 4.44. The van der Waals surface area contributed by atoms with E-state index in [1.807, 2.05) is 0 Å². The van der Waals surface area contributed by atoms with E-state index in [4.69, 9.17) is 0 Å². The maximum absolute atomic E-state index is 3.93. The highest BCUT2D eigenvalue weighted by molar-refractivity contribution is 4.92. The molecule has 0 heteroatoms. The molecule has 0 unspecified atom stereocenters. The first-order valence-corrected chi connectivity index (χ1v) is 5.26. The maximum Gasteiger partial charge on any atom is -0.0205 e. The Morgan fingerprint density at radius 2 is 1.85 bits per heavy atom. The summed E-state index contributed by atoms with van der Waals surface area (Å²) in [5.41, 5.74) is 1.28. The van der Waals surface area contributed by atoms with Gasteiger partial charge < -0.3 is 0 Å². The number of hydrogen-bond acceptors (Lipinski definition) is 0. The lowest BCUT2D eigenvalue weighted by atomic mass is 9.82. The second-order valence-corrected chi connectivity index (χ2v) is 4.50. The molecule has 0 aliphatic carbocycles. The fourth-order valence-corrected chi connectivity index (χ4v) is 1.50. The summed E-state index contributed by atoms with van der Waals surface area (Å²) in [6.45, 7) is 16.8. The van der Waals surface area contributed by atoms with Crippen LogP contribution in [0.25, 0.3) is 0 Å². The zero-order chi connectivity index (χ0) is 10.4. The molecule has 0 fully saturated rings. The Morgan fingerprint density at radius 1 is 1.31 bits per heavy atom. The Balaban J connectivity index is 4.02. The highest BCUT2D eigenvalue weighted by atomic mass is 14.2. The second kappa shape index (κ2) is 6.01. The normalized spacial score (nSPS) is 15.5. The number of rotatable bonds is 6. The molecule has 76 valence electrons. The van der Waals surface area contributed by atoms with Gasteiger partial charge in [0.1, 0.15) is 0 Å². The van der Waals surface area contributed by atoms with E-state index >= 15 is 0 Å². The van der Waals surface area contributed by atoms with E-state index in [-0.39, 0.29) is 0 Å². The number of allylic oxidation sites excluding steroid dienone is 2. The summed E-state index contributed by atoms with van der Waals surface area (Å²) >= 11 is 0. The Morgan fingerprint density at radius 3 is 2.15 bits per heavy atom. The molecule has 2 atom stereocenters. The molecule has 0 saturated heterocycles. The largest absolute Gasteiger partial charge is 0.103 e. The molecule has 0 aromatic heterocycles. The van der Waals surface area contributed by atoms with Gasteiger partial charge in [0.2, 0.25) is 0 Å². The molecule has 0 rings (SSSR count). The van der Waals surface area contributed by atoms with Gasteiger partial charge in [-0.25, -0.2) is 0 Å². The minimum atomic E-state index is 0.650. The van der Waals surface area contributed by atoms with Gasteiger partial charge in [0.15, 0.2) is 0 Å². The van der Waals surface area contributed by atoms with Crippen molar-refractivity contribution in [2.24, 2.45) is 17.8 Å². The summed E-state index contributed by atoms with van der Waals surface area (Å²) in [4.78, 5) is 0. The zero-order valence-electron chi connectivity index (χ0n) is 9.64. The molecule has 0 saturated carbocycles. The van der Waals surface area contributed by atoms with Gasteiger partial charge in [-0.2, -0.15) is 0 Å². The van der Waals surface area contributed by atoms with Gasteiger partial charge in [-0.15, -0.1) is 13.2 Å². The molecule has 0 heterocycles. The lowest BCUT2D eigenvalue weighted by Gasteiger charge is -2.24. The molecule has 0 nitrogen and oxygen atoms in total. The van der Waals surface area contributed by atoms with Crippen molar-refractivity contribution in [2.45, 2.75) is 40.5 Å². The summed E-state index contributed by atoms with van der Waals surface area (Å²) < 4.78 is 0. The van der Waals surface area contributed by atoms with Crippen molar-refractivity contribution in [1.82, 2.24) is 0 Å². The molecule has 0 amide bonds. The molecule has 0 aromatic rings. The summed E-state index contributed by atoms with van der Waals surface area (Å²) in [7, 11) is 0. The van der Waals surface area contributed by atoms with E-state index in [2.05, 4.69) is 46.9 Å². The zero-order valence-corrected chi connectivity index (χ0v) is 9.64. The van der Waals surface area contributed by atoms with Crippen LogP contribution in [-0.4, -0.2) is 0 Å². The van der Waals surface area contributed by atoms with Gasteiger partial charge >= 0.3 is 0 Å². The van der Waals surface area contributed by atoms with Crippen molar-refractivity contribution < 1.29 is 0 Å². The summed E-state index contributed by atoms with van der Waals surface area (Å²) in [5.74, 6) is 2.13. The smallest absolute Gasteiger partial charge is 0.0205 e. The third-order valence-electron chi connectivity index (χ3n) is 2.93. The lowest BCUT2D eigenvalue weighted by molar-refractivity contribution is 0.310. The molecule has 0 aromatic carbocycles. The monoisotopic (exact) mass is 180 g/mol. The molecule has 0 aliphatic heterocycles. The highest BCUT2D eigenvalue weighted by Gasteiger charge is 2.16. The summed E-state index contributed by atoms with van der Waals surface area (Å²) in [6, 6.07) is 0. The van der Waals surface area contributed by atoms with Gasteiger partial charge in [0.25, 0.3) is 0 Å². The van der Waals surface area contributed by atoms with E-state index in [1.165, 1.54) is 12.0 Å². The van der Waals surface area contributed by atoms with Crippen LogP contribution in [0.3, 0.4) is 0 Å². The first-order valence-electron chi connectivity index (χ1n) is 5.26. The number of hydrogen-bond donors (Lipinski definition) is 0. The predicted molar refractivity (Wildman–Crippen MR) is 61.7 cm³/mol. The molecule has 0 radical (unpaired) electrons. The van der Waals surface area contributed by atoms with Crippen molar-refractivity contribution in [3.8, 4) is 0 Å². The van der Waals surface area contributed by atoms with E-state index in [0.29, 0.717) is 5.92 Å². The Labute approximate surface area is 83.7 Å². The molecule has 0 spiro atoms. The predicted octanol–water partition coefficient (Wildman–Crippen LogP) is 4.44. The van der Waals surface area contributed by atoms with Gasteiger partial charge in [-0.05, 0) is 37.5 Å². The Kier molecular flexibility index (Phi) is 5.77. The average Bonchev–Trinajstić information content (AvgIpc) is 2.04. The first kappa shape index (κ1) is 12.5. The van der Waals surface area contributed by atoms with Gasteiger partial charge in [-0.1, -0.05) is 32.4 Å². The van der Waals surface area contributed by atoms with Crippen molar-refractivity contribution >= 4 is 0 Å². The fourth-order valence-electron chi connectivity index (χ4n) is 1.50. The van der Waals surface area contributed by atoms with E-state index in [0.717, 1.165) is 18.3 Å². The van der Waals surface area contributed by atoms with Gasteiger partial charge in [0.05, 0.1) is 0 Å². The fraction of sp³-hybridized carbons (Fsp3) is 0.692. The van der Waals surface area contributed by atoms with Gasteiger partial charge in [0, 0.05) is 0 Å². The summed E-state index contributed by atoms with van der Waals surface area (Å²) in [5, 5.41) is 0. The SMILES string of the molecule is C=C[C@H](CCC(=C)C)[C@H](C)C(C)C. The molecule has 0 bridgehead atoms. The third-order valence-corrected chi connectivity index (χ3v) is 2.93. The Bertz CT molecular complexity index is 165. The van der Waals surface area contributed by atoms with Crippen LogP contribution in [0.5, 0.6) is 0 Å². The van der Waals surface area contributed by atoms with Crippen LogP contribution in [0.1, 0.15) is 40.5 Å². The van der Waals surface area contributed by atoms with Crippen molar-refractivity contribution in [3.63, 3.8) is 0 Å². The minimum Gasteiger partial charge on any atom is -0.103 e. The van der Waals surface area contributed by atoms with Crippen LogP contribution in [0.2, 0.25) is 0 Å². The third kappa shape index (κ3) is 4.92. The van der Waals surface area contributed by atoms with Crippen LogP contribution in [-0.2, 0) is 0 Å². The van der Waals surface area contributed by atoms with E-state index < -0.39 is 0 Å². The van der Waals surface area contributed by atoms with Gasteiger partial charge in [-0.3, -0.25) is 0 Å². The van der Waals surface area contributed by atoms with Crippen molar-refractivity contribution in [3.05, 3.63) is 24.8 Å². The average molecular weight is 180 g/mol. The van der Waals surface area contributed by atoms with E-state index in [9.17, 15) is 0 Å². The quantitative estimate of drug-likeness (QED) is 0.530. The first-order chi connectivity index (χ1) is 5.99. The maximum atomic E-state index is 3.93. The molecular weight excluding hydrogens is 156 g/mol. The van der Waals surface area contributed by atoms with Crippen LogP contribution in [0.4, 0.5) is 0 Å². The molecular formula is C13H24. The van der Waals surface area contributed by atoms with Crippen molar-refractivity contribution in [1.29, 1.82) is 0 Å². The van der Waals surface area contributed by atoms with Crippen LogP contribution in [0.15, 0.2) is 24.8 Å². The van der Waals surface area contributed by atoms with Crippen molar-refractivity contribution in [2.75, 3.05) is 0 Å². The lowest BCUT2D eigenvalue weighted by Crippen LogP contribution is -2.15. The molecule has 0 aliphatic rings. The molecule has 0 N–H and O–H groups in total. The highest BCUT2D eigenvalue weighted by Crippen LogP contribution is 2.26.